The van der Waals surface area contributed by atoms with Gasteiger partial charge in [0.25, 0.3) is 12.4 Å². The van der Waals surface area contributed by atoms with Gasteiger partial charge in [0.1, 0.15) is 6.54 Å². The van der Waals surface area contributed by atoms with Crippen molar-refractivity contribution in [1.29, 1.82) is 0 Å². The number of aliphatic hydroxyl groups is 1. The average molecular weight is 463 g/mol. The van der Waals surface area contributed by atoms with E-state index in [1.165, 1.54) is 0 Å². The maximum atomic E-state index is 13.1. The fraction of sp³-hybridized carbons (Fsp3) is 0.609. The standard InChI is InChI=1S/C22H32N4O4.CH2O2/c1-14(2)10-19-18(21(29)24(4)8-9-27)11-16-12-25(13-20(28)26(16)19)22(30)17-6-5-7-23-15(17)3;2-1-3/h5-7,14,16,18-19,27H,8-13H2,1-4H3;1H,(H,2,3)/t16-,18-,19-;/m0./s1. The van der Waals surface area contributed by atoms with Crippen molar-refractivity contribution in [3.63, 3.8) is 0 Å². The van der Waals surface area contributed by atoms with Gasteiger partial charge in [-0.2, -0.15) is 0 Å². The summed E-state index contributed by atoms with van der Waals surface area (Å²) in [6.45, 7) is 6.32. The van der Waals surface area contributed by atoms with Gasteiger partial charge >= 0.3 is 0 Å². The molecule has 0 unspecified atom stereocenters. The summed E-state index contributed by atoms with van der Waals surface area (Å²) < 4.78 is 0. The van der Waals surface area contributed by atoms with Gasteiger partial charge in [-0.05, 0) is 37.8 Å². The summed E-state index contributed by atoms with van der Waals surface area (Å²) in [5.41, 5.74) is 1.14. The smallest absolute Gasteiger partial charge is 0.290 e. The molecule has 3 rings (SSSR count). The molecule has 2 aliphatic rings. The molecule has 0 bridgehead atoms. The Morgan fingerprint density at radius 3 is 2.61 bits per heavy atom. The monoisotopic (exact) mass is 462 g/mol. The summed E-state index contributed by atoms with van der Waals surface area (Å²) >= 11 is 0. The molecule has 2 aliphatic heterocycles. The Labute approximate surface area is 194 Å². The average Bonchev–Trinajstić information content (AvgIpc) is 3.11. The molecule has 2 fully saturated rings. The summed E-state index contributed by atoms with van der Waals surface area (Å²) in [6.07, 6.45) is 2.91. The molecule has 3 amide bonds. The van der Waals surface area contributed by atoms with E-state index in [2.05, 4.69) is 18.8 Å². The van der Waals surface area contributed by atoms with E-state index >= 15 is 0 Å². The zero-order chi connectivity index (χ0) is 24.7. The first-order chi connectivity index (χ1) is 15.7. The van der Waals surface area contributed by atoms with E-state index < -0.39 is 0 Å². The number of pyridine rings is 1. The largest absolute Gasteiger partial charge is 0.483 e. The second kappa shape index (κ2) is 11.7. The minimum Gasteiger partial charge on any atom is -0.483 e. The summed E-state index contributed by atoms with van der Waals surface area (Å²) in [5.74, 6) is -0.322. The van der Waals surface area contributed by atoms with E-state index in [0.29, 0.717) is 30.1 Å². The predicted octanol–water partition coefficient (Wildman–Crippen LogP) is 0.629. The number of nitrogens with zero attached hydrogens (tertiary/aromatic N) is 4. The van der Waals surface area contributed by atoms with Crippen LogP contribution in [0.1, 0.15) is 42.7 Å². The van der Waals surface area contributed by atoms with E-state index in [1.54, 1.807) is 42.1 Å². The Morgan fingerprint density at radius 2 is 2.03 bits per heavy atom. The molecule has 0 spiro atoms. The predicted molar refractivity (Wildman–Crippen MR) is 120 cm³/mol. The number of aryl methyl sites for hydroxylation is 1. The number of hydrogen-bond acceptors (Lipinski definition) is 6. The Bertz CT molecular complexity index is 861. The molecule has 0 aliphatic carbocycles. The van der Waals surface area contributed by atoms with Crippen LogP contribution in [0.15, 0.2) is 18.3 Å². The highest BCUT2D eigenvalue weighted by Gasteiger charge is 2.50. The van der Waals surface area contributed by atoms with E-state index in [1.807, 2.05) is 4.90 Å². The van der Waals surface area contributed by atoms with Crippen LogP contribution in [-0.2, 0) is 14.4 Å². The number of rotatable bonds is 6. The molecule has 3 heterocycles. The molecule has 182 valence electrons. The molecular weight excluding hydrogens is 428 g/mol. The van der Waals surface area contributed by atoms with Gasteiger partial charge in [0.2, 0.25) is 11.8 Å². The van der Waals surface area contributed by atoms with Crippen LogP contribution < -0.4 is 0 Å². The second-order valence-corrected chi connectivity index (χ2v) is 8.90. The lowest BCUT2D eigenvalue weighted by atomic mass is 9.91. The number of hydrogen-bond donors (Lipinski definition) is 2. The maximum absolute atomic E-state index is 13.1. The quantitative estimate of drug-likeness (QED) is 0.593. The van der Waals surface area contributed by atoms with E-state index in [-0.39, 0.29) is 61.9 Å². The van der Waals surface area contributed by atoms with Gasteiger partial charge in [-0.3, -0.25) is 24.2 Å². The fourth-order valence-corrected chi connectivity index (χ4v) is 4.75. The second-order valence-electron chi connectivity index (χ2n) is 8.90. The number of aromatic nitrogens is 1. The van der Waals surface area contributed by atoms with Gasteiger partial charge < -0.3 is 24.9 Å². The summed E-state index contributed by atoms with van der Waals surface area (Å²) in [7, 11) is 1.69. The topological polar surface area (TPSA) is 131 Å². The summed E-state index contributed by atoms with van der Waals surface area (Å²) in [6, 6.07) is 3.10. The van der Waals surface area contributed by atoms with Gasteiger partial charge in [-0.15, -0.1) is 0 Å². The van der Waals surface area contributed by atoms with Crippen molar-refractivity contribution in [1.82, 2.24) is 19.7 Å². The third-order valence-electron chi connectivity index (χ3n) is 6.15. The molecule has 0 saturated carbocycles. The van der Waals surface area contributed by atoms with Crippen LogP contribution >= 0.6 is 0 Å². The Kier molecular flexibility index (Phi) is 9.33. The summed E-state index contributed by atoms with van der Waals surface area (Å²) in [5, 5.41) is 16.1. The van der Waals surface area contributed by atoms with Gasteiger partial charge in [-0.25, -0.2) is 0 Å². The number of fused-ring (bicyclic) bond motifs is 1. The van der Waals surface area contributed by atoms with Gasteiger partial charge in [-0.1, -0.05) is 13.8 Å². The van der Waals surface area contributed by atoms with Gasteiger partial charge in [0.15, 0.2) is 0 Å². The highest BCUT2D eigenvalue weighted by molar-refractivity contribution is 5.98. The normalized spacial score (nSPS) is 21.9. The number of carbonyl (C=O) groups excluding carboxylic acids is 3. The molecule has 0 aromatic carbocycles. The Hall–Kier alpha value is -3.01. The van der Waals surface area contributed by atoms with Gasteiger partial charge in [0.05, 0.1) is 24.1 Å². The van der Waals surface area contributed by atoms with Crippen LogP contribution in [0.2, 0.25) is 0 Å². The van der Waals surface area contributed by atoms with E-state index in [9.17, 15) is 19.5 Å². The fourth-order valence-electron chi connectivity index (χ4n) is 4.75. The molecule has 10 heteroatoms. The van der Waals surface area contributed by atoms with Crippen LogP contribution in [-0.4, -0.2) is 99.5 Å². The minimum atomic E-state index is -0.312. The molecule has 0 radical (unpaired) electrons. The number of piperazine rings is 1. The van der Waals surface area contributed by atoms with Crippen LogP contribution in [0.25, 0.3) is 0 Å². The van der Waals surface area contributed by atoms with Crippen LogP contribution in [0.4, 0.5) is 0 Å². The van der Waals surface area contributed by atoms with Crippen molar-refractivity contribution < 1.29 is 29.4 Å². The molecule has 1 aromatic heterocycles. The van der Waals surface area contributed by atoms with Crippen molar-refractivity contribution >= 4 is 24.2 Å². The molecule has 33 heavy (non-hydrogen) atoms. The number of likely N-dealkylation sites (N-methyl/N-ethyl adjacent to an activating group) is 1. The Morgan fingerprint density at radius 1 is 1.36 bits per heavy atom. The zero-order valence-corrected chi connectivity index (χ0v) is 19.7. The molecule has 2 saturated heterocycles. The maximum Gasteiger partial charge on any atom is 0.290 e. The lowest BCUT2D eigenvalue weighted by Crippen LogP contribution is -2.58. The number of amides is 3. The molecule has 10 nitrogen and oxygen atoms in total. The first-order valence-corrected chi connectivity index (χ1v) is 11.1. The summed E-state index contributed by atoms with van der Waals surface area (Å²) in [4.78, 5) is 56.7. The SMILES string of the molecule is Cc1ncccc1C(=O)N1CC(=O)N2[C@@H](C[C@H](C(=O)N(C)CCO)[C@@H]2CC(C)C)C1.O=CO. The molecular formula is C23H34N4O6. The van der Waals surface area contributed by atoms with Crippen molar-refractivity contribution in [2.24, 2.45) is 11.8 Å². The van der Waals surface area contributed by atoms with Crippen molar-refractivity contribution in [2.45, 2.75) is 45.7 Å². The van der Waals surface area contributed by atoms with Crippen molar-refractivity contribution in [3.8, 4) is 0 Å². The number of aliphatic hydroxyl groups excluding tert-OH is 1. The lowest BCUT2D eigenvalue weighted by molar-refractivity contribution is -0.141. The zero-order valence-electron chi connectivity index (χ0n) is 19.7. The Balaban J connectivity index is 0.00000122. The van der Waals surface area contributed by atoms with Crippen LogP contribution in [0.3, 0.4) is 0 Å². The van der Waals surface area contributed by atoms with Crippen molar-refractivity contribution in [2.75, 3.05) is 33.3 Å². The minimum absolute atomic E-state index is 0.0195. The highest BCUT2D eigenvalue weighted by atomic mass is 16.3. The third kappa shape index (κ3) is 6.07. The van der Waals surface area contributed by atoms with E-state index in [4.69, 9.17) is 9.90 Å². The molecule has 1 aromatic rings. The number of carboxylic acid groups (broad SMARTS) is 1. The number of carbonyl (C=O) groups is 4. The van der Waals surface area contributed by atoms with Crippen LogP contribution in [0, 0.1) is 18.8 Å². The van der Waals surface area contributed by atoms with Crippen LogP contribution in [0.5, 0.6) is 0 Å². The first-order valence-electron chi connectivity index (χ1n) is 11.1. The molecule has 3 atom stereocenters. The van der Waals surface area contributed by atoms with Gasteiger partial charge in [0, 0.05) is 38.1 Å². The first kappa shape index (κ1) is 26.2. The van der Waals surface area contributed by atoms with E-state index in [0.717, 1.165) is 6.42 Å². The molecule has 2 N–H and O–H groups in total. The third-order valence-corrected chi connectivity index (χ3v) is 6.15. The van der Waals surface area contributed by atoms with Crippen molar-refractivity contribution in [3.05, 3.63) is 29.6 Å². The lowest BCUT2D eigenvalue weighted by Gasteiger charge is -2.40. The highest BCUT2D eigenvalue weighted by Crippen LogP contribution is 2.37.